The van der Waals surface area contributed by atoms with Gasteiger partial charge in [-0.05, 0) is 21.5 Å². The zero-order valence-corrected chi connectivity index (χ0v) is 13.1. The Morgan fingerprint density at radius 2 is 1.81 bits per heavy atom. The summed E-state index contributed by atoms with van der Waals surface area (Å²) in [7, 11) is 0. The Kier molecular flexibility index (Phi) is 6.25. The number of benzene rings is 1. The van der Waals surface area contributed by atoms with Crippen molar-refractivity contribution in [2.24, 2.45) is 0 Å². The molecule has 0 spiro atoms. The molecule has 0 bridgehead atoms. The van der Waals surface area contributed by atoms with Gasteiger partial charge in [0.1, 0.15) is 6.10 Å². The molecule has 2 rings (SSSR count). The van der Waals surface area contributed by atoms with Gasteiger partial charge in [-0.3, -0.25) is 4.90 Å². The van der Waals surface area contributed by atoms with E-state index in [0.29, 0.717) is 25.5 Å². The lowest BCUT2D eigenvalue weighted by molar-refractivity contribution is 0.0899. The summed E-state index contributed by atoms with van der Waals surface area (Å²) < 4.78 is 0.773. The fourth-order valence-corrected chi connectivity index (χ4v) is 2.24. The SMILES string of the molecule is OCCN(Cc1ccccc1)C[C@H](O)c1ncc(Br)cn1. The lowest BCUT2D eigenvalue weighted by atomic mass is 10.2. The van der Waals surface area contributed by atoms with Gasteiger partial charge in [0.2, 0.25) is 0 Å². The van der Waals surface area contributed by atoms with Gasteiger partial charge in [-0.25, -0.2) is 9.97 Å². The van der Waals surface area contributed by atoms with Gasteiger partial charge >= 0.3 is 0 Å². The molecule has 6 heteroatoms. The van der Waals surface area contributed by atoms with Gasteiger partial charge in [0.15, 0.2) is 5.82 Å². The zero-order valence-electron chi connectivity index (χ0n) is 11.6. The maximum atomic E-state index is 10.2. The third kappa shape index (κ3) is 5.17. The quantitative estimate of drug-likeness (QED) is 0.795. The summed E-state index contributed by atoms with van der Waals surface area (Å²) >= 11 is 3.26. The third-order valence-corrected chi connectivity index (χ3v) is 3.44. The van der Waals surface area contributed by atoms with Gasteiger partial charge in [0.25, 0.3) is 0 Å². The Morgan fingerprint density at radius 3 is 2.43 bits per heavy atom. The first-order valence-electron chi connectivity index (χ1n) is 6.71. The highest BCUT2D eigenvalue weighted by atomic mass is 79.9. The highest BCUT2D eigenvalue weighted by Crippen LogP contribution is 2.13. The number of halogens is 1. The molecule has 0 fully saturated rings. The standard InChI is InChI=1S/C15H18BrN3O2/c16-13-8-17-15(18-9-13)14(21)11-19(6-7-20)10-12-4-2-1-3-5-12/h1-5,8-9,14,20-21H,6-7,10-11H2/t14-/m0/s1. The summed E-state index contributed by atoms with van der Waals surface area (Å²) in [4.78, 5) is 10.2. The van der Waals surface area contributed by atoms with Gasteiger partial charge in [-0.2, -0.15) is 0 Å². The first-order valence-corrected chi connectivity index (χ1v) is 7.51. The molecule has 1 atom stereocenters. The molecule has 0 saturated carbocycles. The van der Waals surface area contributed by atoms with E-state index in [1.54, 1.807) is 12.4 Å². The number of aromatic nitrogens is 2. The van der Waals surface area contributed by atoms with Gasteiger partial charge in [-0.1, -0.05) is 30.3 Å². The molecule has 0 radical (unpaired) electrons. The van der Waals surface area contributed by atoms with E-state index < -0.39 is 6.10 Å². The average molecular weight is 352 g/mol. The Labute approximate surface area is 132 Å². The van der Waals surface area contributed by atoms with E-state index in [9.17, 15) is 10.2 Å². The van der Waals surface area contributed by atoms with Crippen molar-refractivity contribution < 1.29 is 10.2 Å². The van der Waals surface area contributed by atoms with Crippen LogP contribution in [0.1, 0.15) is 17.5 Å². The summed E-state index contributed by atoms with van der Waals surface area (Å²) in [6.07, 6.45) is 2.44. The number of rotatable bonds is 7. The monoisotopic (exact) mass is 351 g/mol. The smallest absolute Gasteiger partial charge is 0.158 e. The van der Waals surface area contributed by atoms with Gasteiger partial charge < -0.3 is 10.2 Å². The van der Waals surface area contributed by atoms with E-state index in [1.807, 2.05) is 35.2 Å². The molecule has 0 aliphatic carbocycles. The minimum absolute atomic E-state index is 0.0424. The Hall–Kier alpha value is -1.34. The third-order valence-electron chi connectivity index (χ3n) is 3.03. The zero-order chi connectivity index (χ0) is 15.1. The van der Waals surface area contributed by atoms with Crippen molar-refractivity contribution >= 4 is 15.9 Å². The molecule has 112 valence electrons. The minimum atomic E-state index is -0.784. The van der Waals surface area contributed by atoms with Crippen LogP contribution in [-0.4, -0.2) is 44.8 Å². The van der Waals surface area contributed by atoms with Crippen LogP contribution in [0.15, 0.2) is 47.2 Å². The van der Waals surface area contributed by atoms with E-state index in [0.717, 1.165) is 10.0 Å². The second kappa shape index (κ2) is 8.19. The van der Waals surface area contributed by atoms with E-state index >= 15 is 0 Å². The summed E-state index contributed by atoms with van der Waals surface area (Å²) in [5, 5.41) is 19.4. The molecule has 1 aromatic carbocycles. The highest BCUT2D eigenvalue weighted by Gasteiger charge is 2.16. The Balaban J connectivity index is 2.00. The fraction of sp³-hybridized carbons (Fsp3) is 0.333. The molecule has 0 unspecified atom stereocenters. The minimum Gasteiger partial charge on any atom is -0.395 e. The van der Waals surface area contributed by atoms with Crippen molar-refractivity contribution in [2.45, 2.75) is 12.6 Å². The number of hydrogen-bond acceptors (Lipinski definition) is 5. The largest absolute Gasteiger partial charge is 0.395 e. The highest BCUT2D eigenvalue weighted by molar-refractivity contribution is 9.10. The number of aliphatic hydroxyl groups is 2. The molecule has 0 saturated heterocycles. The molecule has 21 heavy (non-hydrogen) atoms. The predicted molar refractivity (Wildman–Crippen MR) is 83.5 cm³/mol. The summed E-state index contributed by atoms with van der Waals surface area (Å²) in [6.45, 7) is 1.56. The fourth-order valence-electron chi connectivity index (χ4n) is 2.04. The summed E-state index contributed by atoms with van der Waals surface area (Å²) in [6, 6.07) is 9.95. The second-order valence-electron chi connectivity index (χ2n) is 4.72. The normalized spacial score (nSPS) is 12.6. The van der Waals surface area contributed by atoms with Gasteiger partial charge in [0.05, 0.1) is 11.1 Å². The Bertz CT molecular complexity index is 536. The van der Waals surface area contributed by atoms with Crippen LogP contribution in [0.5, 0.6) is 0 Å². The molecule has 0 amide bonds. The molecule has 2 N–H and O–H groups in total. The molecule has 0 aliphatic heterocycles. The maximum absolute atomic E-state index is 10.2. The molecule has 2 aromatic rings. The van der Waals surface area contributed by atoms with Crippen molar-refractivity contribution in [1.82, 2.24) is 14.9 Å². The molecular formula is C15H18BrN3O2. The summed E-state index contributed by atoms with van der Waals surface area (Å²) in [5.74, 6) is 0.384. The number of aliphatic hydroxyl groups excluding tert-OH is 2. The number of hydrogen-bond donors (Lipinski definition) is 2. The molecular weight excluding hydrogens is 334 g/mol. The Morgan fingerprint density at radius 1 is 1.14 bits per heavy atom. The average Bonchev–Trinajstić information content (AvgIpc) is 2.49. The van der Waals surface area contributed by atoms with Crippen LogP contribution >= 0.6 is 15.9 Å². The summed E-state index contributed by atoms with van der Waals surface area (Å²) in [5.41, 5.74) is 1.13. The van der Waals surface area contributed by atoms with Crippen molar-refractivity contribution in [3.8, 4) is 0 Å². The first kappa shape index (κ1) is 16.0. The molecule has 0 aliphatic rings. The van der Waals surface area contributed by atoms with E-state index in [2.05, 4.69) is 25.9 Å². The van der Waals surface area contributed by atoms with Gasteiger partial charge in [0, 0.05) is 32.0 Å². The van der Waals surface area contributed by atoms with Crippen LogP contribution in [0, 0.1) is 0 Å². The first-order chi connectivity index (χ1) is 10.2. The lowest BCUT2D eigenvalue weighted by Gasteiger charge is -2.23. The molecule has 5 nitrogen and oxygen atoms in total. The van der Waals surface area contributed by atoms with Crippen molar-refractivity contribution in [3.05, 3.63) is 58.6 Å². The van der Waals surface area contributed by atoms with Crippen LogP contribution in [0.4, 0.5) is 0 Å². The molecule has 1 heterocycles. The van der Waals surface area contributed by atoms with Crippen molar-refractivity contribution in [1.29, 1.82) is 0 Å². The van der Waals surface area contributed by atoms with Crippen LogP contribution < -0.4 is 0 Å². The lowest BCUT2D eigenvalue weighted by Crippen LogP contribution is -2.31. The van der Waals surface area contributed by atoms with Crippen LogP contribution in [0.2, 0.25) is 0 Å². The van der Waals surface area contributed by atoms with Gasteiger partial charge in [-0.15, -0.1) is 0 Å². The second-order valence-corrected chi connectivity index (χ2v) is 5.64. The predicted octanol–water partition coefficient (Wildman–Crippen LogP) is 1.77. The van der Waals surface area contributed by atoms with Crippen molar-refractivity contribution in [2.75, 3.05) is 19.7 Å². The van der Waals surface area contributed by atoms with Crippen LogP contribution in [0.25, 0.3) is 0 Å². The van der Waals surface area contributed by atoms with E-state index in [4.69, 9.17) is 0 Å². The van der Waals surface area contributed by atoms with Crippen LogP contribution in [0.3, 0.4) is 0 Å². The maximum Gasteiger partial charge on any atom is 0.158 e. The molecule has 1 aromatic heterocycles. The number of nitrogens with zero attached hydrogens (tertiary/aromatic N) is 3. The van der Waals surface area contributed by atoms with Crippen molar-refractivity contribution in [3.63, 3.8) is 0 Å². The topological polar surface area (TPSA) is 69.5 Å². The van der Waals surface area contributed by atoms with Crippen LogP contribution in [-0.2, 0) is 6.54 Å². The van der Waals surface area contributed by atoms with E-state index in [-0.39, 0.29) is 6.61 Å². The van der Waals surface area contributed by atoms with E-state index in [1.165, 1.54) is 0 Å².